The summed E-state index contributed by atoms with van der Waals surface area (Å²) < 4.78 is 13.3. The molecule has 0 aliphatic heterocycles. The predicted molar refractivity (Wildman–Crippen MR) is 52.9 cm³/mol. The zero-order chi connectivity index (χ0) is 9.56. The molecule has 0 radical (unpaired) electrons. The fourth-order valence-corrected chi connectivity index (χ4v) is 1.13. The Morgan fingerprint density at radius 2 is 1.75 bits per heavy atom. The van der Waals surface area contributed by atoms with Crippen LogP contribution in [0.3, 0.4) is 0 Å². The van der Waals surface area contributed by atoms with Crippen LogP contribution in [0.5, 0.6) is 0 Å². The molecule has 1 unspecified atom stereocenters. The largest absolute Gasteiger partial charge is 0.243 e. The van der Waals surface area contributed by atoms with Crippen LogP contribution in [0, 0.1) is 11.8 Å². The van der Waals surface area contributed by atoms with Crippen molar-refractivity contribution in [2.24, 2.45) is 11.8 Å². The third-order valence-corrected chi connectivity index (χ3v) is 1.97. The normalized spacial score (nSPS) is 17.2. The molecule has 0 bridgehead atoms. The highest BCUT2D eigenvalue weighted by molar-refractivity contribution is 4.92. The molecule has 0 aromatic rings. The maximum Gasteiger partial charge on any atom is 0.121 e. The molecule has 1 heteroatoms. The van der Waals surface area contributed by atoms with E-state index >= 15 is 0 Å². The van der Waals surface area contributed by atoms with Gasteiger partial charge in [-0.15, -0.1) is 0 Å². The zero-order valence-corrected chi connectivity index (χ0v) is 8.68. The van der Waals surface area contributed by atoms with E-state index in [9.17, 15) is 4.39 Å². The fraction of sp³-hybridized carbons (Fsp3) is 0.818. The van der Waals surface area contributed by atoms with E-state index in [1.54, 1.807) is 6.08 Å². The number of hydrogen-bond donors (Lipinski definition) is 0. The Labute approximate surface area is 75.9 Å². The van der Waals surface area contributed by atoms with Gasteiger partial charge in [0, 0.05) is 0 Å². The Balaban J connectivity index is 3.77. The first kappa shape index (κ1) is 11.7. The van der Waals surface area contributed by atoms with Crippen molar-refractivity contribution in [3.8, 4) is 0 Å². The van der Waals surface area contributed by atoms with Crippen molar-refractivity contribution in [1.82, 2.24) is 0 Å². The lowest BCUT2D eigenvalue weighted by molar-refractivity contribution is 0.282. The molecule has 0 aliphatic carbocycles. The van der Waals surface area contributed by atoms with E-state index in [1.807, 2.05) is 13.0 Å². The minimum absolute atomic E-state index is 0.171. The molecule has 0 aromatic carbocycles. The maximum absolute atomic E-state index is 13.3. The minimum atomic E-state index is -0.757. The monoisotopic (exact) mass is 172 g/mol. The van der Waals surface area contributed by atoms with E-state index in [-0.39, 0.29) is 5.92 Å². The van der Waals surface area contributed by atoms with Gasteiger partial charge in [0.2, 0.25) is 0 Å². The molecule has 72 valence electrons. The van der Waals surface area contributed by atoms with E-state index in [0.717, 1.165) is 12.8 Å². The second-order valence-corrected chi connectivity index (χ2v) is 3.84. The summed E-state index contributed by atoms with van der Waals surface area (Å²) in [6, 6.07) is 0. The standard InChI is InChI=1S/C11H21F/c1-5-6-10(4)11(12)8-7-9(2)3/h7-11H,5-6H2,1-4H3/b8-7-/t10?,11-/m1/s1. The van der Waals surface area contributed by atoms with Gasteiger partial charge in [-0.2, -0.15) is 0 Å². The van der Waals surface area contributed by atoms with Crippen molar-refractivity contribution in [3.05, 3.63) is 12.2 Å². The van der Waals surface area contributed by atoms with Crippen molar-refractivity contribution in [2.75, 3.05) is 0 Å². The highest BCUT2D eigenvalue weighted by Crippen LogP contribution is 2.15. The lowest BCUT2D eigenvalue weighted by atomic mass is 9.99. The van der Waals surface area contributed by atoms with Crippen LogP contribution in [-0.2, 0) is 0 Å². The van der Waals surface area contributed by atoms with Crippen molar-refractivity contribution >= 4 is 0 Å². The summed E-state index contributed by atoms with van der Waals surface area (Å²) in [6.45, 7) is 8.19. The fourth-order valence-electron chi connectivity index (χ4n) is 1.13. The number of halogens is 1. The molecule has 0 fully saturated rings. The zero-order valence-electron chi connectivity index (χ0n) is 8.68. The SMILES string of the molecule is CCCC(C)[C@H](F)/C=C\C(C)C. The van der Waals surface area contributed by atoms with E-state index in [2.05, 4.69) is 20.8 Å². The average Bonchev–Trinajstić information content (AvgIpc) is 2.00. The summed E-state index contributed by atoms with van der Waals surface area (Å²) in [5.74, 6) is 0.627. The first-order chi connectivity index (χ1) is 5.57. The quantitative estimate of drug-likeness (QED) is 0.550. The van der Waals surface area contributed by atoms with Crippen molar-refractivity contribution in [2.45, 2.75) is 46.7 Å². The van der Waals surface area contributed by atoms with Gasteiger partial charge >= 0.3 is 0 Å². The van der Waals surface area contributed by atoms with Gasteiger partial charge in [0.25, 0.3) is 0 Å². The van der Waals surface area contributed by atoms with Crippen LogP contribution in [0.4, 0.5) is 4.39 Å². The molecular formula is C11H21F. The van der Waals surface area contributed by atoms with E-state index in [4.69, 9.17) is 0 Å². The molecular weight excluding hydrogens is 151 g/mol. The minimum Gasteiger partial charge on any atom is -0.243 e. The molecule has 0 saturated heterocycles. The summed E-state index contributed by atoms with van der Waals surface area (Å²) >= 11 is 0. The second-order valence-electron chi connectivity index (χ2n) is 3.84. The van der Waals surface area contributed by atoms with E-state index < -0.39 is 6.17 Å². The Morgan fingerprint density at radius 3 is 2.17 bits per heavy atom. The lowest BCUT2D eigenvalue weighted by Crippen LogP contribution is -2.09. The van der Waals surface area contributed by atoms with Gasteiger partial charge in [0.15, 0.2) is 0 Å². The third-order valence-electron chi connectivity index (χ3n) is 1.97. The third kappa shape index (κ3) is 5.34. The summed E-state index contributed by atoms with van der Waals surface area (Å²) in [4.78, 5) is 0. The van der Waals surface area contributed by atoms with Gasteiger partial charge in [-0.3, -0.25) is 0 Å². The van der Waals surface area contributed by atoms with E-state index in [0.29, 0.717) is 5.92 Å². The molecule has 0 amide bonds. The van der Waals surface area contributed by atoms with Crippen LogP contribution in [0.1, 0.15) is 40.5 Å². The number of hydrogen-bond acceptors (Lipinski definition) is 0. The Bertz CT molecular complexity index is 127. The van der Waals surface area contributed by atoms with Gasteiger partial charge < -0.3 is 0 Å². The van der Waals surface area contributed by atoms with Gasteiger partial charge in [-0.1, -0.05) is 46.3 Å². The Hall–Kier alpha value is -0.330. The van der Waals surface area contributed by atoms with Crippen molar-refractivity contribution < 1.29 is 4.39 Å². The first-order valence-corrected chi connectivity index (χ1v) is 4.90. The summed E-state index contributed by atoms with van der Waals surface area (Å²) in [7, 11) is 0. The van der Waals surface area contributed by atoms with Crippen LogP contribution in [0.2, 0.25) is 0 Å². The number of allylic oxidation sites excluding steroid dienone is 2. The highest BCUT2D eigenvalue weighted by atomic mass is 19.1. The van der Waals surface area contributed by atoms with Crippen LogP contribution < -0.4 is 0 Å². The highest BCUT2D eigenvalue weighted by Gasteiger charge is 2.11. The molecule has 0 heterocycles. The lowest BCUT2D eigenvalue weighted by Gasteiger charge is -2.11. The van der Waals surface area contributed by atoms with Gasteiger partial charge in [0.05, 0.1) is 0 Å². The van der Waals surface area contributed by atoms with Crippen LogP contribution in [-0.4, -0.2) is 6.17 Å². The number of rotatable bonds is 5. The molecule has 2 atom stereocenters. The predicted octanol–water partition coefficient (Wildman–Crippen LogP) is 3.97. The summed E-state index contributed by atoms with van der Waals surface area (Å²) in [5, 5.41) is 0. The average molecular weight is 172 g/mol. The van der Waals surface area contributed by atoms with Crippen LogP contribution in [0.15, 0.2) is 12.2 Å². The summed E-state index contributed by atoms with van der Waals surface area (Å²) in [6.07, 6.45) is 4.93. The van der Waals surface area contributed by atoms with Crippen molar-refractivity contribution in [1.29, 1.82) is 0 Å². The summed E-state index contributed by atoms with van der Waals surface area (Å²) in [5.41, 5.74) is 0. The second kappa shape index (κ2) is 6.22. The Morgan fingerprint density at radius 1 is 1.17 bits per heavy atom. The molecule has 0 spiro atoms. The molecule has 12 heavy (non-hydrogen) atoms. The van der Waals surface area contributed by atoms with Gasteiger partial charge in [-0.25, -0.2) is 4.39 Å². The van der Waals surface area contributed by atoms with E-state index in [1.165, 1.54) is 0 Å². The van der Waals surface area contributed by atoms with Crippen molar-refractivity contribution in [3.63, 3.8) is 0 Å². The van der Waals surface area contributed by atoms with Crippen LogP contribution >= 0.6 is 0 Å². The molecule has 0 saturated carbocycles. The molecule has 0 aromatic heterocycles. The van der Waals surface area contributed by atoms with Gasteiger partial charge in [0.1, 0.15) is 6.17 Å². The number of alkyl halides is 1. The first-order valence-electron chi connectivity index (χ1n) is 4.90. The molecule has 0 rings (SSSR count). The Kier molecular flexibility index (Phi) is 6.04. The van der Waals surface area contributed by atoms with Gasteiger partial charge in [-0.05, 0) is 18.3 Å². The smallest absolute Gasteiger partial charge is 0.121 e. The maximum atomic E-state index is 13.3. The molecule has 0 aliphatic rings. The van der Waals surface area contributed by atoms with Crippen LogP contribution in [0.25, 0.3) is 0 Å². The topological polar surface area (TPSA) is 0 Å². The molecule has 0 nitrogen and oxygen atoms in total. The molecule has 0 N–H and O–H groups in total.